The minimum Gasteiger partial charge on any atom is -0.365 e. The number of amides is 1. The highest BCUT2D eigenvalue weighted by Gasteiger charge is 2.33. The van der Waals surface area contributed by atoms with Gasteiger partial charge in [-0.2, -0.15) is 0 Å². The van der Waals surface area contributed by atoms with Gasteiger partial charge >= 0.3 is 0 Å². The molecular weight excluding hydrogens is 288 g/mol. The van der Waals surface area contributed by atoms with Gasteiger partial charge in [-0.25, -0.2) is 13.8 Å². The Hall–Kier alpha value is -1.72. The molecule has 0 spiro atoms. The molecule has 2 aliphatic rings. The number of hydrogen-bond acceptors (Lipinski definition) is 3. The molecule has 0 bridgehead atoms. The number of alkyl halides is 2. The summed E-state index contributed by atoms with van der Waals surface area (Å²) in [5, 5.41) is 0. The number of aryl methyl sites for hydroxylation is 2. The van der Waals surface area contributed by atoms with Crippen LogP contribution in [0.1, 0.15) is 53.7 Å². The van der Waals surface area contributed by atoms with E-state index in [1.54, 1.807) is 4.90 Å². The Morgan fingerprint density at radius 1 is 1.18 bits per heavy atom. The molecule has 0 atom stereocenters. The van der Waals surface area contributed by atoms with Crippen molar-refractivity contribution in [2.24, 2.45) is 5.73 Å². The fraction of sp³-hybridized carbons (Fsp3) is 0.625. The number of primary amides is 1. The Balaban J connectivity index is 1.96. The van der Waals surface area contributed by atoms with Crippen LogP contribution in [-0.2, 0) is 12.8 Å². The van der Waals surface area contributed by atoms with E-state index in [9.17, 15) is 13.6 Å². The zero-order chi connectivity index (χ0) is 15.7. The van der Waals surface area contributed by atoms with Crippen LogP contribution in [0.5, 0.6) is 0 Å². The minimum absolute atomic E-state index is 0.111. The van der Waals surface area contributed by atoms with Gasteiger partial charge in [0.25, 0.3) is 5.91 Å². The molecule has 3 rings (SSSR count). The van der Waals surface area contributed by atoms with E-state index in [0.29, 0.717) is 24.3 Å². The van der Waals surface area contributed by atoms with Gasteiger partial charge in [0, 0.05) is 31.6 Å². The summed E-state index contributed by atoms with van der Waals surface area (Å²) in [5.41, 5.74) is 7.92. The third-order valence-corrected chi connectivity index (χ3v) is 4.56. The van der Waals surface area contributed by atoms with Crippen molar-refractivity contribution in [2.45, 2.75) is 50.9 Å². The highest BCUT2D eigenvalue weighted by atomic mass is 19.3. The van der Waals surface area contributed by atoms with E-state index in [-0.39, 0.29) is 19.4 Å². The van der Waals surface area contributed by atoms with Crippen molar-refractivity contribution in [1.82, 2.24) is 4.98 Å². The molecule has 0 unspecified atom stereocenters. The van der Waals surface area contributed by atoms with E-state index in [2.05, 4.69) is 4.98 Å². The van der Waals surface area contributed by atoms with Gasteiger partial charge in [0.15, 0.2) is 0 Å². The van der Waals surface area contributed by atoms with Crippen LogP contribution in [0, 0.1) is 0 Å². The summed E-state index contributed by atoms with van der Waals surface area (Å²) in [7, 11) is 0. The van der Waals surface area contributed by atoms with Crippen molar-refractivity contribution in [2.75, 3.05) is 18.0 Å². The maximum atomic E-state index is 13.5. The van der Waals surface area contributed by atoms with Crippen LogP contribution in [-0.4, -0.2) is 29.9 Å². The molecule has 1 fully saturated rings. The number of carbonyl (C=O) groups is 1. The summed E-state index contributed by atoms with van der Waals surface area (Å²) in [5.74, 6) is -2.67. The lowest BCUT2D eigenvalue weighted by Crippen LogP contribution is -2.30. The van der Waals surface area contributed by atoms with E-state index < -0.39 is 11.8 Å². The molecule has 0 aromatic carbocycles. The fourth-order valence-corrected chi connectivity index (χ4v) is 3.32. The van der Waals surface area contributed by atoms with Gasteiger partial charge < -0.3 is 10.6 Å². The van der Waals surface area contributed by atoms with Crippen molar-refractivity contribution >= 4 is 11.7 Å². The van der Waals surface area contributed by atoms with Gasteiger partial charge in [-0.3, -0.25) is 4.79 Å². The highest BCUT2D eigenvalue weighted by molar-refractivity contribution is 5.98. The number of nitrogens with zero attached hydrogens (tertiary/aromatic N) is 2. The number of aromatic nitrogens is 1. The fourth-order valence-electron chi connectivity index (χ4n) is 3.32. The molecule has 4 nitrogen and oxygen atoms in total. The van der Waals surface area contributed by atoms with Crippen molar-refractivity contribution in [3.63, 3.8) is 0 Å². The first kappa shape index (κ1) is 15.2. The zero-order valence-corrected chi connectivity index (χ0v) is 12.6. The smallest absolute Gasteiger partial charge is 0.252 e. The summed E-state index contributed by atoms with van der Waals surface area (Å²) < 4.78 is 27.1. The molecule has 0 saturated carbocycles. The first-order chi connectivity index (χ1) is 10.5. The second-order valence-electron chi connectivity index (χ2n) is 6.23. The summed E-state index contributed by atoms with van der Waals surface area (Å²) >= 11 is 0. The summed E-state index contributed by atoms with van der Waals surface area (Å²) in [6.07, 6.45) is 4.02. The summed E-state index contributed by atoms with van der Waals surface area (Å²) in [6.45, 7) is 0.695. The van der Waals surface area contributed by atoms with E-state index >= 15 is 0 Å². The molecule has 1 aliphatic carbocycles. The third kappa shape index (κ3) is 3.05. The Kier molecular flexibility index (Phi) is 4.02. The van der Waals surface area contributed by atoms with E-state index in [1.165, 1.54) is 0 Å². The largest absolute Gasteiger partial charge is 0.365 e. The van der Waals surface area contributed by atoms with E-state index in [4.69, 9.17) is 5.73 Å². The number of hydrogen-bond donors (Lipinski definition) is 1. The van der Waals surface area contributed by atoms with Crippen LogP contribution in [0.3, 0.4) is 0 Å². The van der Waals surface area contributed by atoms with E-state index in [0.717, 1.165) is 36.9 Å². The summed E-state index contributed by atoms with van der Waals surface area (Å²) in [4.78, 5) is 18.2. The normalized spacial score (nSPS) is 21.1. The topological polar surface area (TPSA) is 59.2 Å². The number of carbonyl (C=O) groups excluding carboxylic acids is 1. The number of anilines is 1. The number of fused-ring (bicyclic) bond motifs is 1. The van der Waals surface area contributed by atoms with Crippen molar-refractivity contribution in [3.8, 4) is 0 Å². The average molecular weight is 309 g/mol. The predicted molar refractivity (Wildman–Crippen MR) is 80.4 cm³/mol. The molecule has 1 amide bonds. The Morgan fingerprint density at radius 3 is 2.73 bits per heavy atom. The number of pyridine rings is 1. The Labute approximate surface area is 128 Å². The van der Waals surface area contributed by atoms with Gasteiger partial charge in [-0.15, -0.1) is 0 Å². The Morgan fingerprint density at radius 2 is 1.95 bits per heavy atom. The molecule has 1 aromatic rings. The SMILES string of the molecule is NC(=O)c1cc2c(nc1N1CCCC(F)(F)CC1)CCCC2. The maximum Gasteiger partial charge on any atom is 0.252 e. The molecule has 0 radical (unpaired) electrons. The lowest BCUT2D eigenvalue weighted by atomic mass is 9.94. The molecule has 6 heteroatoms. The molecular formula is C16H21F2N3O. The Bertz CT molecular complexity index is 589. The van der Waals surface area contributed by atoms with Crippen LogP contribution in [0.4, 0.5) is 14.6 Å². The van der Waals surface area contributed by atoms with Gasteiger partial charge in [0.2, 0.25) is 5.92 Å². The standard InChI is InChI=1S/C16H21F2N3O/c17-16(18)6-3-8-21(9-7-16)15-12(14(19)22)10-11-4-1-2-5-13(11)20-15/h10H,1-9H2,(H2,19,22). The lowest BCUT2D eigenvalue weighted by Gasteiger charge is -2.26. The highest BCUT2D eigenvalue weighted by Crippen LogP contribution is 2.32. The number of nitrogens with two attached hydrogens (primary N) is 1. The first-order valence-electron chi connectivity index (χ1n) is 7.92. The molecule has 1 saturated heterocycles. The minimum atomic E-state index is -2.63. The molecule has 120 valence electrons. The molecule has 2 heterocycles. The second-order valence-corrected chi connectivity index (χ2v) is 6.23. The third-order valence-electron chi connectivity index (χ3n) is 4.56. The number of rotatable bonds is 2. The number of halogens is 2. The quantitative estimate of drug-likeness (QED) is 0.913. The van der Waals surface area contributed by atoms with Crippen molar-refractivity contribution in [3.05, 3.63) is 22.9 Å². The lowest BCUT2D eigenvalue weighted by molar-refractivity contribution is -0.0102. The molecule has 1 aliphatic heterocycles. The molecule has 1 aromatic heterocycles. The molecule has 22 heavy (non-hydrogen) atoms. The van der Waals surface area contributed by atoms with Gasteiger partial charge in [0.05, 0.1) is 5.56 Å². The van der Waals surface area contributed by atoms with Gasteiger partial charge in [-0.1, -0.05) is 0 Å². The van der Waals surface area contributed by atoms with Crippen molar-refractivity contribution < 1.29 is 13.6 Å². The molecule has 2 N–H and O–H groups in total. The average Bonchev–Trinajstić information content (AvgIpc) is 2.66. The van der Waals surface area contributed by atoms with Crippen LogP contribution in [0.25, 0.3) is 0 Å². The van der Waals surface area contributed by atoms with E-state index in [1.807, 2.05) is 6.07 Å². The van der Waals surface area contributed by atoms with Crippen LogP contribution in [0.2, 0.25) is 0 Å². The van der Waals surface area contributed by atoms with Gasteiger partial charge in [0.1, 0.15) is 5.82 Å². The monoisotopic (exact) mass is 309 g/mol. The first-order valence-corrected chi connectivity index (χ1v) is 7.92. The van der Waals surface area contributed by atoms with Crippen LogP contribution in [0.15, 0.2) is 6.07 Å². The van der Waals surface area contributed by atoms with Crippen LogP contribution < -0.4 is 10.6 Å². The second kappa shape index (κ2) is 5.82. The zero-order valence-electron chi connectivity index (χ0n) is 12.6. The van der Waals surface area contributed by atoms with Crippen LogP contribution >= 0.6 is 0 Å². The van der Waals surface area contributed by atoms with Crippen molar-refractivity contribution in [1.29, 1.82) is 0 Å². The summed E-state index contributed by atoms with van der Waals surface area (Å²) in [6, 6.07) is 1.82. The maximum absolute atomic E-state index is 13.5. The van der Waals surface area contributed by atoms with Gasteiger partial charge in [-0.05, 0) is 43.7 Å². The predicted octanol–water partition coefficient (Wildman–Crippen LogP) is 2.68.